The summed E-state index contributed by atoms with van der Waals surface area (Å²) in [6.07, 6.45) is 7.43. The minimum atomic E-state index is -0.00415. The molecule has 4 rings (SSSR count). The van der Waals surface area contributed by atoms with Gasteiger partial charge in [0.2, 0.25) is 11.8 Å². The fourth-order valence-corrected chi connectivity index (χ4v) is 5.09. The van der Waals surface area contributed by atoms with Gasteiger partial charge < -0.3 is 14.5 Å². The van der Waals surface area contributed by atoms with Crippen LogP contribution in [-0.4, -0.2) is 103 Å². The lowest BCUT2D eigenvalue weighted by atomic mass is 9.91. The first-order valence-electron chi connectivity index (χ1n) is 12.2. The average molecular weight is 519 g/mol. The quantitative estimate of drug-likeness (QED) is 0.519. The third-order valence-electron chi connectivity index (χ3n) is 6.98. The predicted octanol–water partition coefficient (Wildman–Crippen LogP) is 2.70. The van der Waals surface area contributed by atoms with Gasteiger partial charge in [-0.2, -0.15) is 0 Å². The van der Waals surface area contributed by atoms with Crippen molar-refractivity contribution in [2.45, 2.75) is 32.2 Å². The van der Waals surface area contributed by atoms with Gasteiger partial charge in [0.25, 0.3) is 0 Å². The minimum absolute atomic E-state index is 0.00415. The topological polar surface area (TPSA) is 56.3 Å². The van der Waals surface area contributed by atoms with Crippen molar-refractivity contribution in [1.29, 1.82) is 0 Å². The molecule has 2 amide bonds. The molecule has 3 fully saturated rings. The summed E-state index contributed by atoms with van der Waals surface area (Å²) in [6.45, 7) is 9.43. The zero-order valence-electron chi connectivity index (χ0n) is 19.5. The van der Waals surface area contributed by atoms with Crippen molar-refractivity contribution in [2.75, 3.05) is 65.5 Å². The number of piperazine rings is 2. The van der Waals surface area contributed by atoms with E-state index in [0.29, 0.717) is 26.2 Å². The van der Waals surface area contributed by atoms with Crippen molar-refractivity contribution in [3.8, 4) is 5.75 Å². The Balaban J connectivity index is 1.21. The van der Waals surface area contributed by atoms with Gasteiger partial charge in [-0.1, -0.05) is 22.4 Å². The number of nitrogens with zero attached hydrogens (tertiary/aromatic N) is 4. The first-order valence-corrected chi connectivity index (χ1v) is 13.0. The highest BCUT2D eigenvalue weighted by Gasteiger charge is 2.30. The standard InChI is InChI=1S/C25H35BrN4O3/c1-2-33-23-8-7-21(26)18-20(23)6-9-24(31)29-12-10-27(11-13-29)19-25(32)30-16-14-28(15-17-30)22-4-3-5-22/h6-9,18,22H,2-5,10-17,19H2,1H3/b9-6+. The third kappa shape index (κ3) is 6.37. The number of benzene rings is 1. The number of amides is 2. The highest BCUT2D eigenvalue weighted by molar-refractivity contribution is 9.10. The zero-order chi connectivity index (χ0) is 23.2. The number of carbonyl (C=O) groups is 2. The van der Waals surface area contributed by atoms with E-state index in [4.69, 9.17) is 4.74 Å². The Labute approximate surface area is 205 Å². The van der Waals surface area contributed by atoms with Crippen molar-refractivity contribution in [3.05, 3.63) is 34.3 Å². The molecule has 7 nitrogen and oxygen atoms in total. The van der Waals surface area contributed by atoms with E-state index >= 15 is 0 Å². The summed E-state index contributed by atoms with van der Waals surface area (Å²) in [4.78, 5) is 34.1. The molecule has 8 heteroatoms. The second-order valence-corrected chi connectivity index (χ2v) is 9.97. The van der Waals surface area contributed by atoms with E-state index < -0.39 is 0 Å². The maximum Gasteiger partial charge on any atom is 0.246 e. The van der Waals surface area contributed by atoms with Crippen molar-refractivity contribution >= 4 is 33.8 Å². The number of carbonyl (C=O) groups excluding carboxylic acids is 2. The normalized spacial score (nSPS) is 20.8. The van der Waals surface area contributed by atoms with Crippen LogP contribution in [0.3, 0.4) is 0 Å². The lowest BCUT2D eigenvalue weighted by molar-refractivity contribution is -0.135. The Kier molecular flexibility index (Phi) is 8.44. The summed E-state index contributed by atoms with van der Waals surface area (Å²) in [7, 11) is 0. The Morgan fingerprint density at radius 1 is 1.03 bits per heavy atom. The van der Waals surface area contributed by atoms with Gasteiger partial charge >= 0.3 is 0 Å². The Morgan fingerprint density at radius 2 is 1.73 bits per heavy atom. The van der Waals surface area contributed by atoms with E-state index in [1.165, 1.54) is 19.3 Å². The van der Waals surface area contributed by atoms with Gasteiger partial charge in [0.05, 0.1) is 13.2 Å². The smallest absolute Gasteiger partial charge is 0.246 e. The van der Waals surface area contributed by atoms with Gasteiger partial charge in [-0.25, -0.2) is 0 Å². The molecule has 0 atom stereocenters. The molecule has 0 radical (unpaired) electrons. The molecule has 0 N–H and O–H groups in total. The van der Waals surface area contributed by atoms with Crippen LogP contribution in [0, 0.1) is 0 Å². The van der Waals surface area contributed by atoms with Gasteiger partial charge in [0.1, 0.15) is 5.75 Å². The summed E-state index contributed by atoms with van der Waals surface area (Å²) in [6, 6.07) is 6.54. The molecule has 180 valence electrons. The van der Waals surface area contributed by atoms with Crippen molar-refractivity contribution < 1.29 is 14.3 Å². The summed E-state index contributed by atoms with van der Waals surface area (Å²) >= 11 is 3.48. The second kappa shape index (κ2) is 11.5. The van der Waals surface area contributed by atoms with E-state index in [1.807, 2.05) is 41.0 Å². The summed E-state index contributed by atoms with van der Waals surface area (Å²) in [5.41, 5.74) is 0.876. The molecule has 2 aliphatic heterocycles. The van der Waals surface area contributed by atoms with Crippen molar-refractivity contribution in [2.24, 2.45) is 0 Å². The Morgan fingerprint density at radius 3 is 2.36 bits per heavy atom. The zero-order valence-corrected chi connectivity index (χ0v) is 21.1. The number of rotatable bonds is 7. The predicted molar refractivity (Wildman–Crippen MR) is 133 cm³/mol. The van der Waals surface area contributed by atoms with Crippen LogP contribution in [0.5, 0.6) is 5.75 Å². The molecular formula is C25H35BrN4O3. The van der Waals surface area contributed by atoms with Crippen molar-refractivity contribution in [3.63, 3.8) is 0 Å². The molecule has 1 saturated carbocycles. The maximum atomic E-state index is 12.8. The lowest BCUT2D eigenvalue weighted by Gasteiger charge is -2.43. The van der Waals surface area contributed by atoms with E-state index in [9.17, 15) is 9.59 Å². The molecule has 33 heavy (non-hydrogen) atoms. The van der Waals surface area contributed by atoms with Gasteiger partial charge in [-0.3, -0.25) is 19.4 Å². The monoisotopic (exact) mass is 518 g/mol. The van der Waals surface area contributed by atoms with E-state index in [0.717, 1.165) is 61.1 Å². The summed E-state index contributed by atoms with van der Waals surface area (Å²) in [5, 5.41) is 0. The molecule has 1 aromatic carbocycles. The number of halogens is 1. The molecule has 0 aromatic heterocycles. The number of hydrogen-bond acceptors (Lipinski definition) is 5. The van der Waals surface area contributed by atoms with Gasteiger partial charge in [0, 0.05) is 74.5 Å². The van der Waals surface area contributed by atoms with Crippen LogP contribution in [0.2, 0.25) is 0 Å². The Bertz CT molecular complexity index is 857. The molecule has 1 aliphatic carbocycles. The van der Waals surface area contributed by atoms with Crippen LogP contribution in [0.4, 0.5) is 0 Å². The molecule has 0 bridgehead atoms. The van der Waals surface area contributed by atoms with E-state index in [-0.39, 0.29) is 11.8 Å². The Hall–Kier alpha value is -1.90. The van der Waals surface area contributed by atoms with Crippen LogP contribution in [0.1, 0.15) is 31.7 Å². The number of hydrogen-bond donors (Lipinski definition) is 0. The van der Waals surface area contributed by atoms with Crippen LogP contribution in [-0.2, 0) is 9.59 Å². The molecular weight excluding hydrogens is 484 g/mol. The largest absolute Gasteiger partial charge is 0.493 e. The van der Waals surface area contributed by atoms with Crippen LogP contribution < -0.4 is 4.74 Å². The van der Waals surface area contributed by atoms with E-state index in [1.54, 1.807) is 6.08 Å². The second-order valence-electron chi connectivity index (χ2n) is 9.05. The first-order chi connectivity index (χ1) is 16.0. The van der Waals surface area contributed by atoms with E-state index in [2.05, 4.69) is 25.7 Å². The van der Waals surface area contributed by atoms with Crippen molar-refractivity contribution in [1.82, 2.24) is 19.6 Å². The van der Waals surface area contributed by atoms with Gasteiger partial charge in [-0.05, 0) is 44.0 Å². The number of ether oxygens (including phenoxy) is 1. The summed E-state index contributed by atoms with van der Waals surface area (Å²) in [5.74, 6) is 0.984. The summed E-state index contributed by atoms with van der Waals surface area (Å²) < 4.78 is 6.60. The van der Waals surface area contributed by atoms with Gasteiger partial charge in [0.15, 0.2) is 0 Å². The molecule has 0 unspecified atom stereocenters. The SMILES string of the molecule is CCOc1ccc(Br)cc1/C=C/C(=O)N1CCN(CC(=O)N2CCN(C3CCC3)CC2)CC1. The first kappa shape index (κ1) is 24.2. The van der Waals surface area contributed by atoms with Crippen LogP contribution >= 0.6 is 15.9 Å². The highest BCUT2D eigenvalue weighted by atomic mass is 79.9. The molecule has 0 spiro atoms. The highest BCUT2D eigenvalue weighted by Crippen LogP contribution is 2.26. The molecule has 2 heterocycles. The third-order valence-corrected chi connectivity index (χ3v) is 7.47. The molecule has 1 aromatic rings. The fourth-order valence-electron chi connectivity index (χ4n) is 4.71. The maximum absolute atomic E-state index is 12.8. The van der Waals surface area contributed by atoms with Crippen LogP contribution in [0.15, 0.2) is 28.7 Å². The van der Waals surface area contributed by atoms with Gasteiger partial charge in [-0.15, -0.1) is 0 Å². The average Bonchev–Trinajstić information content (AvgIpc) is 2.79. The molecule has 2 saturated heterocycles. The molecule has 3 aliphatic rings. The lowest BCUT2D eigenvalue weighted by Crippen LogP contribution is -2.56. The van der Waals surface area contributed by atoms with Crippen LogP contribution in [0.25, 0.3) is 6.08 Å². The minimum Gasteiger partial charge on any atom is -0.493 e. The fraction of sp³-hybridized carbons (Fsp3) is 0.600.